The number of amides is 1. The zero-order valence-electron chi connectivity index (χ0n) is 12.1. The van der Waals surface area contributed by atoms with Crippen molar-refractivity contribution in [1.29, 1.82) is 5.26 Å². The minimum absolute atomic E-state index is 0.0360. The summed E-state index contributed by atoms with van der Waals surface area (Å²) in [6.45, 7) is 1.97. The molecule has 0 bridgehead atoms. The number of carbonyl (C=O) groups is 1. The van der Waals surface area contributed by atoms with Gasteiger partial charge in [0.05, 0.1) is 25.3 Å². The third kappa shape index (κ3) is 3.91. The van der Waals surface area contributed by atoms with E-state index in [-0.39, 0.29) is 11.5 Å². The zero-order valence-corrected chi connectivity index (χ0v) is 12.9. The third-order valence-corrected chi connectivity index (χ3v) is 3.48. The summed E-state index contributed by atoms with van der Waals surface area (Å²) in [4.78, 5) is 13.8. The molecule has 1 amide bonds. The highest BCUT2D eigenvalue weighted by Gasteiger charge is 2.20. The van der Waals surface area contributed by atoms with Crippen LogP contribution in [0.15, 0.2) is 30.0 Å². The van der Waals surface area contributed by atoms with Crippen molar-refractivity contribution < 1.29 is 14.3 Å². The lowest BCUT2D eigenvalue weighted by Gasteiger charge is -2.26. The van der Waals surface area contributed by atoms with E-state index >= 15 is 0 Å². The highest BCUT2D eigenvalue weighted by Crippen LogP contribution is 2.27. The van der Waals surface area contributed by atoms with Crippen LogP contribution in [0.25, 0.3) is 0 Å². The molecule has 6 nitrogen and oxygen atoms in total. The van der Waals surface area contributed by atoms with Gasteiger partial charge in [0, 0.05) is 25.0 Å². The first-order chi connectivity index (χ1) is 10.7. The number of anilines is 1. The predicted molar refractivity (Wildman–Crippen MR) is 82.7 cm³/mol. The molecule has 0 aromatic heterocycles. The highest BCUT2D eigenvalue weighted by molar-refractivity contribution is 6.32. The molecule has 1 aromatic rings. The monoisotopic (exact) mass is 321 g/mol. The molecular weight excluding hydrogens is 306 g/mol. The molecule has 0 aliphatic carbocycles. The molecule has 1 aliphatic rings. The Labute approximate surface area is 133 Å². The topological polar surface area (TPSA) is 74.6 Å². The number of hydrogen-bond acceptors (Lipinski definition) is 5. The molecule has 22 heavy (non-hydrogen) atoms. The van der Waals surface area contributed by atoms with Gasteiger partial charge in [-0.05, 0) is 18.2 Å². The van der Waals surface area contributed by atoms with Crippen LogP contribution in [0.5, 0.6) is 5.75 Å². The van der Waals surface area contributed by atoms with Crippen molar-refractivity contribution in [2.24, 2.45) is 0 Å². The van der Waals surface area contributed by atoms with E-state index in [4.69, 9.17) is 26.3 Å². The summed E-state index contributed by atoms with van der Waals surface area (Å²) in [5.74, 6) is 0.249. The van der Waals surface area contributed by atoms with Crippen LogP contribution < -0.4 is 10.1 Å². The van der Waals surface area contributed by atoms with E-state index in [9.17, 15) is 4.79 Å². The largest absolute Gasteiger partial charge is 0.495 e. The van der Waals surface area contributed by atoms with Crippen molar-refractivity contribution in [3.8, 4) is 11.8 Å². The molecule has 1 N–H and O–H groups in total. The molecule has 1 aromatic carbocycles. The standard InChI is InChI=1S/C15H16ClN3O3/c1-21-14-3-2-12(8-13(14)16)18-10-11(9-17)15(20)19-4-6-22-7-5-19/h2-3,8,10,18H,4-7H2,1H3/b11-10-. The Kier molecular flexibility index (Phi) is 5.64. The van der Waals surface area contributed by atoms with E-state index in [1.54, 1.807) is 23.1 Å². The molecule has 116 valence electrons. The number of hydrogen-bond donors (Lipinski definition) is 1. The molecule has 1 heterocycles. The Balaban J connectivity index is 2.07. The maximum absolute atomic E-state index is 12.2. The van der Waals surface area contributed by atoms with Gasteiger partial charge in [0.2, 0.25) is 0 Å². The number of ether oxygens (including phenoxy) is 2. The summed E-state index contributed by atoms with van der Waals surface area (Å²) in [7, 11) is 1.53. The number of morpholine rings is 1. The van der Waals surface area contributed by atoms with Crippen molar-refractivity contribution in [3.63, 3.8) is 0 Å². The lowest BCUT2D eigenvalue weighted by molar-refractivity contribution is -0.130. The second kappa shape index (κ2) is 7.69. The molecule has 7 heteroatoms. The average Bonchev–Trinajstić information content (AvgIpc) is 2.56. The average molecular weight is 322 g/mol. The van der Waals surface area contributed by atoms with E-state index in [1.165, 1.54) is 13.3 Å². The summed E-state index contributed by atoms with van der Waals surface area (Å²) in [5.41, 5.74) is 0.696. The summed E-state index contributed by atoms with van der Waals surface area (Å²) in [6, 6.07) is 7.02. The van der Waals surface area contributed by atoms with Gasteiger partial charge in [-0.3, -0.25) is 4.79 Å². The van der Waals surface area contributed by atoms with E-state index in [1.807, 2.05) is 6.07 Å². The second-order valence-electron chi connectivity index (χ2n) is 4.57. The van der Waals surface area contributed by atoms with Crippen LogP contribution in [0.4, 0.5) is 5.69 Å². The normalized spacial score (nSPS) is 15.1. The van der Waals surface area contributed by atoms with Gasteiger partial charge in [-0.1, -0.05) is 11.6 Å². The van der Waals surface area contributed by atoms with Gasteiger partial charge in [-0.15, -0.1) is 0 Å². The van der Waals surface area contributed by atoms with Crippen molar-refractivity contribution >= 4 is 23.2 Å². The fourth-order valence-corrected chi connectivity index (χ4v) is 2.25. The molecule has 1 saturated heterocycles. The number of nitrogens with zero attached hydrogens (tertiary/aromatic N) is 2. The van der Waals surface area contributed by atoms with E-state index < -0.39 is 0 Å². The minimum Gasteiger partial charge on any atom is -0.495 e. The molecule has 0 atom stereocenters. The Bertz CT molecular complexity index is 619. The second-order valence-corrected chi connectivity index (χ2v) is 4.98. The number of methoxy groups -OCH3 is 1. The summed E-state index contributed by atoms with van der Waals surface area (Å²) >= 11 is 6.02. The molecule has 2 rings (SSSR count). The van der Waals surface area contributed by atoms with Gasteiger partial charge < -0.3 is 19.7 Å². The Hall–Kier alpha value is -2.23. The van der Waals surface area contributed by atoms with E-state index in [2.05, 4.69) is 5.32 Å². The Morgan fingerprint density at radius 3 is 2.82 bits per heavy atom. The quantitative estimate of drug-likeness (QED) is 0.678. The summed E-state index contributed by atoms with van der Waals surface area (Å²) in [5, 5.41) is 12.5. The summed E-state index contributed by atoms with van der Waals surface area (Å²) < 4.78 is 10.3. The third-order valence-electron chi connectivity index (χ3n) is 3.18. The molecule has 1 aliphatic heterocycles. The summed E-state index contributed by atoms with van der Waals surface area (Å²) in [6.07, 6.45) is 1.38. The van der Waals surface area contributed by atoms with Crippen LogP contribution in [0.2, 0.25) is 5.02 Å². The van der Waals surface area contributed by atoms with Crippen molar-refractivity contribution in [2.75, 3.05) is 38.7 Å². The smallest absolute Gasteiger partial charge is 0.266 e. The van der Waals surface area contributed by atoms with Crippen molar-refractivity contribution in [3.05, 3.63) is 35.0 Å². The fourth-order valence-electron chi connectivity index (χ4n) is 1.99. The molecule has 0 unspecified atom stereocenters. The highest BCUT2D eigenvalue weighted by atomic mass is 35.5. The van der Waals surface area contributed by atoms with Crippen molar-refractivity contribution in [2.45, 2.75) is 0 Å². The van der Waals surface area contributed by atoms with Gasteiger partial charge in [0.15, 0.2) is 0 Å². The van der Waals surface area contributed by atoms with Gasteiger partial charge >= 0.3 is 0 Å². The van der Waals surface area contributed by atoms with Crippen LogP contribution in [0.1, 0.15) is 0 Å². The van der Waals surface area contributed by atoms with Crippen molar-refractivity contribution in [1.82, 2.24) is 4.90 Å². The van der Waals surface area contributed by atoms with Gasteiger partial charge in [-0.2, -0.15) is 5.26 Å². The molecular formula is C15H16ClN3O3. The fraction of sp³-hybridized carbons (Fsp3) is 0.333. The van der Waals surface area contributed by atoms with Crippen LogP contribution in [0.3, 0.4) is 0 Å². The van der Waals surface area contributed by atoms with E-state index in [0.29, 0.717) is 42.8 Å². The number of nitrogens with one attached hydrogen (secondary N) is 1. The van der Waals surface area contributed by atoms with Crippen LogP contribution in [0, 0.1) is 11.3 Å². The number of halogens is 1. The molecule has 1 fully saturated rings. The maximum Gasteiger partial charge on any atom is 0.266 e. The van der Waals surface area contributed by atoms with Crippen LogP contribution in [-0.2, 0) is 9.53 Å². The maximum atomic E-state index is 12.2. The predicted octanol–water partition coefficient (Wildman–Crippen LogP) is 2.03. The Morgan fingerprint density at radius 2 is 2.23 bits per heavy atom. The Morgan fingerprint density at radius 1 is 1.50 bits per heavy atom. The first kappa shape index (κ1) is 16.1. The van der Waals surface area contributed by atoms with Crippen LogP contribution >= 0.6 is 11.6 Å². The number of rotatable bonds is 4. The molecule has 0 saturated carbocycles. The van der Waals surface area contributed by atoms with E-state index in [0.717, 1.165) is 0 Å². The lowest BCUT2D eigenvalue weighted by atomic mass is 10.2. The first-order valence-corrected chi connectivity index (χ1v) is 7.11. The van der Waals surface area contributed by atoms with Gasteiger partial charge in [0.25, 0.3) is 5.91 Å². The SMILES string of the molecule is COc1ccc(N/C=C(/C#N)C(=O)N2CCOCC2)cc1Cl. The lowest BCUT2D eigenvalue weighted by Crippen LogP contribution is -2.41. The van der Waals surface area contributed by atoms with Gasteiger partial charge in [0.1, 0.15) is 17.4 Å². The number of carbonyl (C=O) groups excluding carboxylic acids is 1. The van der Waals surface area contributed by atoms with Gasteiger partial charge in [-0.25, -0.2) is 0 Å². The molecule has 0 spiro atoms. The zero-order chi connectivity index (χ0) is 15.9. The molecule has 0 radical (unpaired) electrons. The first-order valence-electron chi connectivity index (χ1n) is 6.73. The number of benzene rings is 1. The minimum atomic E-state index is -0.307. The number of nitriles is 1. The van der Waals surface area contributed by atoms with Crippen LogP contribution in [-0.4, -0.2) is 44.2 Å².